The number of aromatic nitrogens is 3. The zero-order valence-corrected chi connectivity index (χ0v) is 18.5. The number of nitrogens with one attached hydrogen (secondary N) is 2. The number of fused-ring (bicyclic) bond motifs is 3. The molecule has 33 heavy (non-hydrogen) atoms. The molecule has 2 N–H and O–H groups in total. The number of quaternary nitrogens is 1. The molecule has 0 radical (unpaired) electrons. The van der Waals surface area contributed by atoms with Crippen molar-refractivity contribution in [3.63, 3.8) is 0 Å². The van der Waals surface area contributed by atoms with Gasteiger partial charge in [0.1, 0.15) is 29.9 Å². The molecule has 0 saturated carbocycles. The van der Waals surface area contributed by atoms with E-state index < -0.39 is 0 Å². The minimum Gasteiger partial charge on any atom is -0.487 e. The molecule has 3 saturated heterocycles. The van der Waals surface area contributed by atoms with Crippen LogP contribution in [-0.2, 0) is 24.5 Å². The standard InChI is InChI=1S/C25H28FN5O2/c26-20-8-6-18(7-9-20)13-27-25(32)24-16-30-11-10-19(24)12-22(30)15-31-14-21(28-29-31)17-33-23-4-2-1-3-5-23/h1-9,14,19,22,24H,10-13,15-17H2,(H,27,32)/p+1/t19-,22+,24-/m0/s1. The molecule has 2 bridgehead atoms. The maximum Gasteiger partial charge on any atom is 0.229 e. The number of carbonyl (C=O) groups is 1. The van der Waals surface area contributed by atoms with Gasteiger partial charge in [-0.25, -0.2) is 9.07 Å². The second-order valence-electron chi connectivity index (χ2n) is 9.08. The first-order valence-electron chi connectivity index (χ1n) is 11.6. The van der Waals surface area contributed by atoms with Crippen molar-refractivity contribution in [2.45, 2.75) is 38.6 Å². The van der Waals surface area contributed by atoms with Gasteiger partial charge in [-0.3, -0.25) is 4.79 Å². The smallest absolute Gasteiger partial charge is 0.229 e. The van der Waals surface area contributed by atoms with E-state index in [9.17, 15) is 9.18 Å². The first kappa shape index (κ1) is 21.6. The second-order valence-corrected chi connectivity index (χ2v) is 9.08. The van der Waals surface area contributed by atoms with E-state index >= 15 is 0 Å². The summed E-state index contributed by atoms with van der Waals surface area (Å²) in [4.78, 5) is 14.3. The fourth-order valence-electron chi connectivity index (χ4n) is 5.13. The quantitative estimate of drug-likeness (QED) is 0.547. The highest BCUT2D eigenvalue weighted by atomic mass is 19.1. The Morgan fingerprint density at radius 3 is 2.76 bits per heavy atom. The Morgan fingerprint density at radius 1 is 1.18 bits per heavy atom. The molecule has 1 aromatic heterocycles. The molecule has 8 heteroatoms. The van der Waals surface area contributed by atoms with Gasteiger partial charge in [-0.2, -0.15) is 0 Å². The van der Waals surface area contributed by atoms with Crippen molar-refractivity contribution in [1.82, 2.24) is 20.3 Å². The first-order chi connectivity index (χ1) is 16.1. The number of nitrogens with zero attached hydrogens (tertiary/aromatic N) is 3. The lowest BCUT2D eigenvalue weighted by Gasteiger charge is -2.46. The Hall–Kier alpha value is -3.26. The van der Waals surface area contributed by atoms with Crippen molar-refractivity contribution in [3.8, 4) is 5.75 Å². The second kappa shape index (κ2) is 9.70. The minimum atomic E-state index is -0.264. The van der Waals surface area contributed by atoms with E-state index in [1.165, 1.54) is 17.0 Å². The van der Waals surface area contributed by atoms with E-state index in [2.05, 4.69) is 15.6 Å². The topological polar surface area (TPSA) is 73.5 Å². The number of amides is 1. The van der Waals surface area contributed by atoms with E-state index in [0.717, 1.165) is 49.5 Å². The number of carbonyl (C=O) groups excluding carboxylic acids is 1. The number of hydrogen-bond donors (Lipinski definition) is 2. The highest BCUT2D eigenvalue weighted by molar-refractivity contribution is 5.79. The molecular weight excluding hydrogens is 421 g/mol. The highest BCUT2D eigenvalue weighted by Crippen LogP contribution is 2.27. The van der Waals surface area contributed by atoms with Gasteiger partial charge in [0, 0.05) is 19.4 Å². The Bertz CT molecular complexity index is 1070. The third-order valence-corrected chi connectivity index (χ3v) is 6.89. The van der Waals surface area contributed by atoms with Crippen LogP contribution in [0.15, 0.2) is 60.8 Å². The van der Waals surface area contributed by atoms with Crippen LogP contribution in [0, 0.1) is 17.7 Å². The summed E-state index contributed by atoms with van der Waals surface area (Å²) in [5.41, 5.74) is 1.72. The molecule has 1 unspecified atom stereocenters. The van der Waals surface area contributed by atoms with Crippen molar-refractivity contribution in [3.05, 3.63) is 77.9 Å². The van der Waals surface area contributed by atoms with Crippen LogP contribution in [0.5, 0.6) is 5.75 Å². The summed E-state index contributed by atoms with van der Waals surface area (Å²) < 4.78 is 20.7. The van der Waals surface area contributed by atoms with Gasteiger partial charge in [0.15, 0.2) is 0 Å². The Balaban J connectivity index is 1.12. The zero-order chi connectivity index (χ0) is 22.6. The Morgan fingerprint density at radius 2 is 2.00 bits per heavy atom. The van der Waals surface area contributed by atoms with Crippen LogP contribution >= 0.6 is 0 Å². The fraction of sp³-hybridized carbons (Fsp3) is 0.400. The molecular formula is C25H29FN5O2+. The van der Waals surface area contributed by atoms with Crippen LogP contribution in [-0.4, -0.2) is 40.0 Å². The predicted molar refractivity (Wildman–Crippen MR) is 120 cm³/mol. The molecule has 4 atom stereocenters. The number of halogens is 1. The summed E-state index contributed by atoms with van der Waals surface area (Å²) in [6, 6.07) is 16.4. The molecule has 3 aromatic rings. The normalized spacial score (nSPS) is 23.9. The minimum absolute atomic E-state index is 0.0380. The molecule has 2 aromatic carbocycles. The van der Waals surface area contributed by atoms with Gasteiger partial charge in [-0.15, -0.1) is 5.10 Å². The third kappa shape index (κ3) is 5.22. The summed E-state index contributed by atoms with van der Waals surface area (Å²) in [5.74, 6) is 1.10. The third-order valence-electron chi connectivity index (χ3n) is 6.89. The van der Waals surface area contributed by atoms with Crippen molar-refractivity contribution < 1.29 is 18.8 Å². The Labute approximate surface area is 192 Å². The van der Waals surface area contributed by atoms with Gasteiger partial charge in [-0.1, -0.05) is 35.5 Å². The monoisotopic (exact) mass is 450 g/mol. The van der Waals surface area contributed by atoms with Crippen LogP contribution in [0.25, 0.3) is 0 Å². The van der Waals surface area contributed by atoms with Crippen LogP contribution in [0.4, 0.5) is 4.39 Å². The van der Waals surface area contributed by atoms with E-state index in [4.69, 9.17) is 4.74 Å². The Kier molecular flexibility index (Phi) is 6.35. The number of hydrogen-bond acceptors (Lipinski definition) is 4. The van der Waals surface area contributed by atoms with Gasteiger partial charge in [0.2, 0.25) is 5.91 Å². The average molecular weight is 451 g/mol. The number of piperidine rings is 3. The molecule has 3 fully saturated rings. The van der Waals surface area contributed by atoms with E-state index in [-0.39, 0.29) is 17.6 Å². The summed E-state index contributed by atoms with van der Waals surface area (Å²) in [6.45, 7) is 3.57. The summed E-state index contributed by atoms with van der Waals surface area (Å²) in [7, 11) is 0. The molecule has 0 spiro atoms. The zero-order valence-electron chi connectivity index (χ0n) is 18.5. The molecule has 0 aliphatic carbocycles. The van der Waals surface area contributed by atoms with E-state index in [1.807, 2.05) is 41.2 Å². The molecule has 1 amide bonds. The number of para-hydroxylation sites is 1. The molecule has 3 aliphatic rings. The van der Waals surface area contributed by atoms with E-state index in [0.29, 0.717) is 25.1 Å². The summed E-state index contributed by atoms with van der Waals surface area (Å²) in [6.07, 6.45) is 4.05. The fourth-order valence-corrected chi connectivity index (χ4v) is 5.13. The molecule has 6 rings (SSSR count). The van der Waals surface area contributed by atoms with Crippen molar-refractivity contribution in [2.24, 2.45) is 11.8 Å². The SMILES string of the molecule is O=C(NCc1ccc(F)cc1)[C@H]1C[NH+]2CC[C@H]1C[C@@H]2Cn1cc(COc2ccccc2)nn1. The van der Waals surface area contributed by atoms with Crippen molar-refractivity contribution in [1.29, 1.82) is 0 Å². The predicted octanol–water partition coefficient (Wildman–Crippen LogP) is 1.61. The number of rotatable bonds is 8. The lowest BCUT2D eigenvalue weighted by Crippen LogP contribution is -3.20. The largest absolute Gasteiger partial charge is 0.487 e. The highest BCUT2D eigenvalue weighted by Gasteiger charge is 2.46. The van der Waals surface area contributed by atoms with Crippen LogP contribution in [0.3, 0.4) is 0 Å². The van der Waals surface area contributed by atoms with Gasteiger partial charge in [-0.05, 0) is 35.7 Å². The lowest BCUT2D eigenvalue weighted by atomic mass is 9.75. The van der Waals surface area contributed by atoms with Gasteiger partial charge in [0.25, 0.3) is 0 Å². The van der Waals surface area contributed by atoms with Crippen molar-refractivity contribution in [2.75, 3.05) is 13.1 Å². The van der Waals surface area contributed by atoms with E-state index in [1.54, 1.807) is 12.1 Å². The molecule has 4 heterocycles. The van der Waals surface area contributed by atoms with Crippen LogP contribution in [0.1, 0.15) is 24.1 Å². The van der Waals surface area contributed by atoms with Gasteiger partial charge in [0.05, 0.1) is 31.7 Å². The number of ether oxygens (including phenoxy) is 1. The molecule has 172 valence electrons. The maximum absolute atomic E-state index is 13.1. The van der Waals surface area contributed by atoms with Crippen LogP contribution < -0.4 is 15.0 Å². The summed E-state index contributed by atoms with van der Waals surface area (Å²) in [5, 5.41) is 11.6. The van der Waals surface area contributed by atoms with Crippen molar-refractivity contribution >= 4 is 5.91 Å². The molecule has 7 nitrogen and oxygen atoms in total. The van der Waals surface area contributed by atoms with Gasteiger partial charge < -0.3 is 15.0 Å². The average Bonchev–Trinajstić information content (AvgIpc) is 3.30. The number of benzene rings is 2. The van der Waals surface area contributed by atoms with Gasteiger partial charge >= 0.3 is 0 Å². The maximum atomic E-state index is 13.1. The first-order valence-corrected chi connectivity index (χ1v) is 11.6. The lowest BCUT2D eigenvalue weighted by molar-refractivity contribution is -0.945. The van der Waals surface area contributed by atoms with Crippen LogP contribution in [0.2, 0.25) is 0 Å². The molecule has 3 aliphatic heterocycles. The summed E-state index contributed by atoms with van der Waals surface area (Å²) >= 11 is 0.